The minimum atomic E-state index is -0.0544. The Labute approximate surface area is 66.4 Å². The Bertz CT molecular complexity index is 231. The second-order valence-electron chi connectivity index (χ2n) is 2.61. The SMILES string of the molecule is CC(C)Oc1ccccc1[O]. The molecule has 0 spiro atoms. The molecule has 0 bridgehead atoms. The summed E-state index contributed by atoms with van der Waals surface area (Å²) in [6, 6.07) is 6.68. The summed E-state index contributed by atoms with van der Waals surface area (Å²) < 4.78 is 5.23. The van der Waals surface area contributed by atoms with Crippen molar-refractivity contribution in [2.24, 2.45) is 0 Å². The third-order valence-electron chi connectivity index (χ3n) is 1.21. The van der Waals surface area contributed by atoms with Gasteiger partial charge in [-0.25, -0.2) is 0 Å². The van der Waals surface area contributed by atoms with E-state index in [2.05, 4.69) is 0 Å². The van der Waals surface area contributed by atoms with Crippen LogP contribution in [0.4, 0.5) is 0 Å². The zero-order valence-electron chi connectivity index (χ0n) is 6.70. The molecular weight excluding hydrogens is 140 g/mol. The third kappa shape index (κ3) is 2.15. The maximum Gasteiger partial charge on any atom is 0.220 e. The largest absolute Gasteiger partial charge is 0.487 e. The van der Waals surface area contributed by atoms with Crippen LogP contribution in [-0.4, -0.2) is 6.10 Å². The first-order valence-corrected chi connectivity index (χ1v) is 3.63. The number of benzene rings is 1. The zero-order chi connectivity index (χ0) is 8.27. The number of rotatable bonds is 2. The molecule has 1 aromatic rings. The van der Waals surface area contributed by atoms with Crippen molar-refractivity contribution in [1.82, 2.24) is 0 Å². The van der Waals surface area contributed by atoms with Gasteiger partial charge in [0.05, 0.1) is 6.10 Å². The summed E-state index contributed by atoms with van der Waals surface area (Å²) >= 11 is 0. The Morgan fingerprint density at radius 2 is 1.91 bits per heavy atom. The molecule has 0 aliphatic rings. The van der Waals surface area contributed by atoms with Gasteiger partial charge in [-0.15, -0.1) is 0 Å². The van der Waals surface area contributed by atoms with Crippen molar-refractivity contribution in [3.8, 4) is 11.5 Å². The van der Waals surface area contributed by atoms with Gasteiger partial charge in [0.2, 0.25) is 5.75 Å². The minimum absolute atomic E-state index is 0.0544. The fourth-order valence-electron chi connectivity index (χ4n) is 0.801. The van der Waals surface area contributed by atoms with E-state index in [0.29, 0.717) is 5.75 Å². The monoisotopic (exact) mass is 151 g/mol. The molecule has 2 nitrogen and oxygen atoms in total. The molecule has 0 heterocycles. The van der Waals surface area contributed by atoms with Gasteiger partial charge >= 0.3 is 0 Å². The lowest BCUT2D eigenvalue weighted by molar-refractivity contribution is 0.221. The second kappa shape index (κ2) is 3.28. The summed E-state index contributed by atoms with van der Waals surface area (Å²) in [5.41, 5.74) is 0. The lowest BCUT2D eigenvalue weighted by Crippen LogP contribution is -2.05. The summed E-state index contributed by atoms with van der Waals surface area (Å²) in [7, 11) is 0. The van der Waals surface area contributed by atoms with Gasteiger partial charge in [0, 0.05) is 0 Å². The summed E-state index contributed by atoms with van der Waals surface area (Å²) in [5, 5.41) is 11.0. The Morgan fingerprint density at radius 1 is 1.27 bits per heavy atom. The van der Waals surface area contributed by atoms with Gasteiger partial charge in [-0.1, -0.05) is 12.1 Å². The average molecular weight is 151 g/mol. The van der Waals surface area contributed by atoms with Gasteiger partial charge in [-0.3, -0.25) is 5.11 Å². The van der Waals surface area contributed by atoms with Crippen molar-refractivity contribution < 1.29 is 9.84 Å². The van der Waals surface area contributed by atoms with Crippen LogP contribution in [0, 0.1) is 0 Å². The Morgan fingerprint density at radius 3 is 2.45 bits per heavy atom. The van der Waals surface area contributed by atoms with Gasteiger partial charge < -0.3 is 4.74 Å². The molecule has 0 unspecified atom stereocenters. The predicted octanol–water partition coefficient (Wildman–Crippen LogP) is 2.62. The first kappa shape index (κ1) is 7.92. The lowest BCUT2D eigenvalue weighted by atomic mass is 10.3. The number of hydrogen-bond acceptors (Lipinski definition) is 1. The summed E-state index contributed by atoms with van der Waals surface area (Å²) in [5.74, 6) is 0.378. The third-order valence-corrected chi connectivity index (χ3v) is 1.21. The highest BCUT2D eigenvalue weighted by molar-refractivity contribution is 5.37. The molecule has 1 aromatic carbocycles. The smallest absolute Gasteiger partial charge is 0.220 e. The maximum absolute atomic E-state index is 11.0. The van der Waals surface area contributed by atoms with Gasteiger partial charge in [-0.05, 0) is 26.0 Å². The molecule has 0 amide bonds. The van der Waals surface area contributed by atoms with Gasteiger partial charge in [0.1, 0.15) is 0 Å². The molecule has 0 atom stereocenters. The molecule has 0 aliphatic heterocycles. The van der Waals surface area contributed by atoms with Gasteiger partial charge in [-0.2, -0.15) is 0 Å². The molecule has 0 saturated carbocycles. The fourth-order valence-corrected chi connectivity index (χ4v) is 0.801. The van der Waals surface area contributed by atoms with Gasteiger partial charge in [0.15, 0.2) is 5.75 Å². The summed E-state index contributed by atoms with van der Waals surface area (Å²) in [4.78, 5) is 0. The van der Waals surface area contributed by atoms with Crippen molar-refractivity contribution in [1.29, 1.82) is 0 Å². The lowest BCUT2D eigenvalue weighted by Gasteiger charge is -2.08. The number of para-hydroxylation sites is 2. The van der Waals surface area contributed by atoms with Crippen molar-refractivity contribution in [2.45, 2.75) is 20.0 Å². The molecule has 1 radical (unpaired) electrons. The highest BCUT2D eigenvalue weighted by atomic mass is 16.5. The number of hydrogen-bond donors (Lipinski definition) is 0. The van der Waals surface area contributed by atoms with Gasteiger partial charge in [0.25, 0.3) is 0 Å². The molecule has 0 N–H and O–H groups in total. The normalized spacial score (nSPS) is 10.1. The van der Waals surface area contributed by atoms with Crippen LogP contribution in [0.1, 0.15) is 13.8 Å². The van der Waals surface area contributed by atoms with Crippen molar-refractivity contribution in [3.05, 3.63) is 24.3 Å². The minimum Gasteiger partial charge on any atom is -0.487 e. The van der Waals surface area contributed by atoms with E-state index < -0.39 is 0 Å². The first-order valence-electron chi connectivity index (χ1n) is 3.63. The van der Waals surface area contributed by atoms with Crippen LogP contribution in [0.3, 0.4) is 0 Å². The average Bonchev–Trinajstić information content (AvgIpc) is 1.93. The van der Waals surface area contributed by atoms with E-state index in [4.69, 9.17) is 4.74 Å². The van der Waals surface area contributed by atoms with Crippen molar-refractivity contribution >= 4 is 0 Å². The Balaban J connectivity index is 2.78. The summed E-state index contributed by atoms with van der Waals surface area (Å²) in [6.45, 7) is 3.79. The van der Waals surface area contributed by atoms with E-state index >= 15 is 0 Å². The molecule has 2 heteroatoms. The first-order chi connectivity index (χ1) is 5.20. The quantitative estimate of drug-likeness (QED) is 0.638. The van der Waals surface area contributed by atoms with Crippen LogP contribution in [0.25, 0.3) is 0 Å². The van der Waals surface area contributed by atoms with Crippen molar-refractivity contribution in [3.63, 3.8) is 0 Å². The van der Waals surface area contributed by atoms with Crippen LogP contribution in [0.15, 0.2) is 24.3 Å². The molecular formula is C9H11O2. The van der Waals surface area contributed by atoms with Crippen LogP contribution in [0.5, 0.6) is 11.5 Å². The molecule has 0 saturated heterocycles. The van der Waals surface area contributed by atoms with E-state index in [1.54, 1.807) is 18.2 Å². The molecule has 1 rings (SSSR count). The topological polar surface area (TPSA) is 29.1 Å². The Hall–Kier alpha value is -1.18. The van der Waals surface area contributed by atoms with Crippen LogP contribution >= 0.6 is 0 Å². The maximum atomic E-state index is 11.0. The van der Waals surface area contributed by atoms with Crippen LogP contribution in [-0.2, 0) is 5.11 Å². The number of ether oxygens (including phenoxy) is 1. The Kier molecular flexibility index (Phi) is 2.36. The molecule has 0 fully saturated rings. The predicted molar refractivity (Wildman–Crippen MR) is 42.3 cm³/mol. The van der Waals surface area contributed by atoms with Crippen LogP contribution < -0.4 is 4.74 Å². The van der Waals surface area contributed by atoms with Crippen molar-refractivity contribution in [2.75, 3.05) is 0 Å². The fraction of sp³-hybridized carbons (Fsp3) is 0.333. The molecule has 59 valence electrons. The van der Waals surface area contributed by atoms with E-state index in [1.165, 1.54) is 6.07 Å². The molecule has 11 heavy (non-hydrogen) atoms. The van der Waals surface area contributed by atoms with E-state index in [1.807, 2.05) is 13.8 Å². The highest BCUT2D eigenvalue weighted by Gasteiger charge is 2.03. The highest BCUT2D eigenvalue weighted by Crippen LogP contribution is 2.25. The summed E-state index contributed by atoms with van der Waals surface area (Å²) in [6.07, 6.45) is 0.0603. The molecule has 0 aliphatic carbocycles. The molecule has 0 aromatic heterocycles. The van der Waals surface area contributed by atoms with E-state index in [0.717, 1.165) is 0 Å². The van der Waals surface area contributed by atoms with E-state index in [-0.39, 0.29) is 11.9 Å². The standard InChI is InChI=1S/C9H11O2/c1-7(2)11-9-6-4-3-5-8(9)10/h3-7H,1-2H3. The second-order valence-corrected chi connectivity index (χ2v) is 2.61. The van der Waals surface area contributed by atoms with E-state index in [9.17, 15) is 5.11 Å². The van der Waals surface area contributed by atoms with Crippen LogP contribution in [0.2, 0.25) is 0 Å². The zero-order valence-corrected chi connectivity index (χ0v) is 6.70.